The number of rotatable bonds is 0. The first-order valence-corrected chi connectivity index (χ1v) is 2.35. The normalized spacial score (nSPS) is 7.38. The van der Waals surface area contributed by atoms with Crippen molar-refractivity contribution in [3.05, 3.63) is 0 Å². The van der Waals surface area contributed by atoms with Gasteiger partial charge in [0.25, 0.3) is 0 Å². The van der Waals surface area contributed by atoms with Crippen LogP contribution in [0.5, 0.6) is 0 Å². The van der Waals surface area contributed by atoms with Gasteiger partial charge in [0, 0.05) is 0 Å². The molecule has 0 atom stereocenters. The first kappa shape index (κ1) is 22.7. The van der Waals surface area contributed by atoms with E-state index in [1.165, 1.54) is 0 Å². The zero-order chi connectivity index (χ0) is 4.50. The molecule has 40 valence electrons. The Balaban J connectivity index is -0.0000000267. The summed E-state index contributed by atoms with van der Waals surface area (Å²) in [5.41, 5.74) is 0. The second-order valence-corrected chi connectivity index (χ2v) is 1.54. The Kier molecular flexibility index (Phi) is 31.7. The van der Waals surface area contributed by atoms with Gasteiger partial charge in [-0.3, -0.25) is 0 Å². The minimum atomic E-state index is -4.64. The molecule has 0 radical (unpaired) electrons. The molecule has 0 rings (SSSR count). The van der Waals surface area contributed by atoms with Gasteiger partial charge in [0.15, 0.2) is 0 Å². The SMILES string of the molecule is O=P(O)(O)O.[KH].[KH].[MgH2]. The van der Waals surface area contributed by atoms with E-state index in [1.807, 2.05) is 0 Å². The molecule has 0 fully saturated rings. The van der Waals surface area contributed by atoms with Crippen molar-refractivity contribution < 1.29 is 19.2 Å². The maximum atomic E-state index is 8.88. The van der Waals surface area contributed by atoms with Crippen LogP contribution in [-0.4, -0.2) is 141 Å². The molecule has 8 heteroatoms. The van der Waals surface area contributed by atoms with E-state index in [4.69, 9.17) is 19.2 Å². The van der Waals surface area contributed by atoms with Gasteiger partial charge in [-0.2, -0.15) is 0 Å². The summed E-state index contributed by atoms with van der Waals surface area (Å²) < 4.78 is 8.88. The van der Waals surface area contributed by atoms with E-state index in [-0.39, 0.29) is 126 Å². The van der Waals surface area contributed by atoms with E-state index in [0.29, 0.717) is 0 Å². The molecule has 8 heavy (non-hydrogen) atoms. The number of hydrogen-bond acceptors (Lipinski definition) is 1. The van der Waals surface area contributed by atoms with Crippen molar-refractivity contribution >= 4 is 134 Å². The predicted molar refractivity (Wildman–Crippen MR) is 37.1 cm³/mol. The molecule has 0 unspecified atom stereocenters. The summed E-state index contributed by atoms with van der Waals surface area (Å²) >= 11 is 0. The van der Waals surface area contributed by atoms with Crippen LogP contribution in [0.3, 0.4) is 0 Å². The van der Waals surface area contributed by atoms with Crippen LogP contribution in [0.15, 0.2) is 0 Å². The van der Waals surface area contributed by atoms with Crippen molar-refractivity contribution in [1.29, 1.82) is 0 Å². The predicted octanol–water partition coefficient (Wildman–Crippen LogP) is -3.14. The minimum absolute atomic E-state index is 0. The van der Waals surface area contributed by atoms with Crippen molar-refractivity contribution in [2.24, 2.45) is 0 Å². The van der Waals surface area contributed by atoms with E-state index >= 15 is 0 Å². The fraction of sp³-hybridized carbons (Fsp3) is 0. The fourth-order valence-corrected chi connectivity index (χ4v) is 0. The van der Waals surface area contributed by atoms with E-state index in [1.54, 1.807) is 0 Å². The van der Waals surface area contributed by atoms with Crippen molar-refractivity contribution in [3.8, 4) is 0 Å². The molecule has 0 aliphatic rings. The van der Waals surface area contributed by atoms with Gasteiger partial charge in [0.2, 0.25) is 0 Å². The van der Waals surface area contributed by atoms with Crippen LogP contribution in [0, 0.1) is 0 Å². The Labute approximate surface area is 148 Å². The Morgan fingerprint density at radius 3 is 1.00 bits per heavy atom. The Morgan fingerprint density at radius 2 is 1.00 bits per heavy atom. The van der Waals surface area contributed by atoms with Crippen LogP contribution < -0.4 is 0 Å². The van der Waals surface area contributed by atoms with E-state index in [9.17, 15) is 0 Å². The Morgan fingerprint density at radius 1 is 1.00 bits per heavy atom. The molecule has 4 nitrogen and oxygen atoms in total. The summed E-state index contributed by atoms with van der Waals surface area (Å²) in [6, 6.07) is 0. The summed E-state index contributed by atoms with van der Waals surface area (Å²) in [6.07, 6.45) is 0. The van der Waals surface area contributed by atoms with Gasteiger partial charge in [0.05, 0.1) is 0 Å². The Hall–Kier alpha value is 4.15. The number of phosphoric acid groups is 1. The van der Waals surface area contributed by atoms with Gasteiger partial charge in [-0.25, -0.2) is 4.57 Å². The molecule has 3 N–H and O–H groups in total. The maximum Gasteiger partial charge on any atom is 0.316 e. The summed E-state index contributed by atoms with van der Waals surface area (Å²) in [6.45, 7) is 0. The summed E-state index contributed by atoms with van der Waals surface area (Å²) in [5.74, 6) is 0. The summed E-state index contributed by atoms with van der Waals surface area (Å²) in [4.78, 5) is 21.6. The largest absolute Gasteiger partial charge is 0.316 e. The molecule has 0 amide bonds. The fourth-order valence-electron chi connectivity index (χ4n) is 0. The average Bonchev–Trinajstić information content (AvgIpc) is 0.722. The third kappa shape index (κ3) is 49.3. The van der Waals surface area contributed by atoms with Crippen LogP contribution in [0.1, 0.15) is 0 Å². The molecule has 0 heterocycles. The standard InChI is InChI=1S/2K.Mg.H3O4P.4H/c;;;1-5(2,3)4;;;;/h;;;(H3,1,2,3,4);;;;. The molecular formula is H7K2MgO4P. The first-order valence-electron chi connectivity index (χ1n) is 0.783. The molecule has 0 aromatic heterocycles. The van der Waals surface area contributed by atoms with Crippen molar-refractivity contribution in [2.75, 3.05) is 0 Å². The monoisotopic (exact) mass is 204 g/mol. The number of hydrogen-bond donors (Lipinski definition) is 3. The molecule has 0 bridgehead atoms. The summed E-state index contributed by atoms with van der Waals surface area (Å²) in [5, 5.41) is 0. The smallest absolute Gasteiger partial charge is 0.316 e. The third-order valence-electron chi connectivity index (χ3n) is 0. The van der Waals surface area contributed by atoms with Gasteiger partial charge < -0.3 is 14.7 Å². The zero-order valence-electron chi connectivity index (χ0n) is 2.20. The molecule has 0 saturated heterocycles. The maximum absolute atomic E-state index is 8.88. The van der Waals surface area contributed by atoms with E-state index in [2.05, 4.69) is 0 Å². The van der Waals surface area contributed by atoms with Crippen LogP contribution in [0.4, 0.5) is 0 Å². The van der Waals surface area contributed by atoms with Gasteiger partial charge in [-0.15, -0.1) is 0 Å². The quantitative estimate of drug-likeness (QED) is 0.288. The van der Waals surface area contributed by atoms with Gasteiger partial charge in [-0.1, -0.05) is 0 Å². The van der Waals surface area contributed by atoms with Crippen LogP contribution >= 0.6 is 7.82 Å². The topological polar surface area (TPSA) is 77.8 Å². The van der Waals surface area contributed by atoms with Gasteiger partial charge in [-0.05, 0) is 0 Å². The second kappa shape index (κ2) is 11.1. The van der Waals surface area contributed by atoms with Crippen molar-refractivity contribution in [3.63, 3.8) is 0 Å². The zero-order valence-corrected chi connectivity index (χ0v) is 3.09. The van der Waals surface area contributed by atoms with Gasteiger partial charge >= 0.3 is 134 Å². The molecule has 0 saturated carbocycles. The molecule has 0 aliphatic heterocycles. The van der Waals surface area contributed by atoms with E-state index < -0.39 is 7.82 Å². The van der Waals surface area contributed by atoms with Crippen LogP contribution in [0.25, 0.3) is 0 Å². The third-order valence-corrected chi connectivity index (χ3v) is 0. The van der Waals surface area contributed by atoms with Crippen molar-refractivity contribution in [1.82, 2.24) is 0 Å². The van der Waals surface area contributed by atoms with Crippen molar-refractivity contribution in [2.45, 2.75) is 0 Å². The van der Waals surface area contributed by atoms with E-state index in [0.717, 1.165) is 0 Å². The molecule has 0 spiro atoms. The van der Waals surface area contributed by atoms with Gasteiger partial charge in [0.1, 0.15) is 0 Å². The molecular weight excluding hydrogens is 197 g/mol. The average molecular weight is 205 g/mol. The minimum Gasteiger partial charge on any atom is 0.316 e. The Bertz CT molecular complexity index is 60.2. The van der Waals surface area contributed by atoms with Crippen LogP contribution in [0.2, 0.25) is 0 Å². The van der Waals surface area contributed by atoms with Crippen LogP contribution in [-0.2, 0) is 4.57 Å². The summed E-state index contributed by atoms with van der Waals surface area (Å²) in [7, 11) is -4.64. The molecule has 0 aromatic rings. The first-order chi connectivity index (χ1) is 2.00. The second-order valence-electron chi connectivity index (χ2n) is 0.513. The molecule has 0 aliphatic carbocycles. The molecule has 0 aromatic carbocycles.